The van der Waals surface area contributed by atoms with Gasteiger partial charge in [0, 0.05) is 65.2 Å². The maximum atomic E-state index is 12.5. The van der Waals surface area contributed by atoms with E-state index in [-0.39, 0.29) is 48.4 Å². The van der Waals surface area contributed by atoms with Crippen LogP contribution in [0.2, 0.25) is 0 Å². The molecule has 1 amide bonds. The van der Waals surface area contributed by atoms with Crippen LogP contribution in [-0.2, 0) is 20.8 Å². The zero-order valence-corrected chi connectivity index (χ0v) is 25.9. The monoisotopic (exact) mass is 591 g/mol. The van der Waals surface area contributed by atoms with Crippen molar-refractivity contribution in [1.29, 1.82) is 0 Å². The quantitative estimate of drug-likeness (QED) is 0.240. The van der Waals surface area contributed by atoms with Gasteiger partial charge in [-0.15, -0.1) is 0 Å². The van der Waals surface area contributed by atoms with E-state index in [0.29, 0.717) is 25.7 Å². The molecule has 4 atom stereocenters. The van der Waals surface area contributed by atoms with Crippen molar-refractivity contribution in [2.45, 2.75) is 92.5 Å². The Morgan fingerprint density at radius 2 is 1.72 bits per heavy atom. The number of nitrogens with one attached hydrogen (secondary N) is 3. The van der Waals surface area contributed by atoms with Crippen molar-refractivity contribution < 1.29 is 29.7 Å². The summed E-state index contributed by atoms with van der Waals surface area (Å²) in [5, 5.41) is 37.9. The van der Waals surface area contributed by atoms with Crippen LogP contribution in [0.15, 0.2) is 38.8 Å². The number of carboxylic acid groups (broad SMARTS) is 2. The molecule has 232 valence electrons. The first-order chi connectivity index (χ1) is 20.4. The number of hydrogen-bond donors (Lipinski definition) is 5. The highest BCUT2D eigenvalue weighted by Gasteiger charge is 2.33. The molecule has 3 aliphatic rings. The Labute approximate surface area is 252 Å². The second-order valence-electron chi connectivity index (χ2n) is 11.9. The van der Waals surface area contributed by atoms with Crippen LogP contribution in [0.4, 0.5) is 0 Å². The van der Waals surface area contributed by atoms with Gasteiger partial charge in [0.15, 0.2) is 0 Å². The Morgan fingerprint density at radius 1 is 1.02 bits per heavy atom. The fraction of sp³-hybridized carbons (Fsp3) is 0.515. The topological polar surface area (TPSA) is 167 Å². The summed E-state index contributed by atoms with van der Waals surface area (Å²) in [4.78, 5) is 43.3. The molecule has 10 heteroatoms. The summed E-state index contributed by atoms with van der Waals surface area (Å²) >= 11 is 0. The molecular formula is C33H43N4O6-. The lowest BCUT2D eigenvalue weighted by Crippen LogP contribution is -2.30. The number of carbonyl (C=O) groups excluding carboxylic acids is 1. The minimum atomic E-state index is -0.901. The van der Waals surface area contributed by atoms with Crippen molar-refractivity contribution in [3.05, 3.63) is 56.3 Å². The summed E-state index contributed by atoms with van der Waals surface area (Å²) in [5.41, 5.74) is 8.62. The molecule has 0 saturated heterocycles. The average molecular weight is 592 g/mol. The molecule has 3 aliphatic heterocycles. The number of rotatable bonds is 12. The second kappa shape index (κ2) is 13.1. The molecule has 1 aromatic rings. The van der Waals surface area contributed by atoms with Crippen LogP contribution in [0.25, 0.3) is 12.2 Å². The van der Waals surface area contributed by atoms with Gasteiger partial charge in [0.05, 0.1) is 6.04 Å². The first-order valence-electron chi connectivity index (χ1n) is 15.2. The molecule has 0 aromatic carbocycles. The van der Waals surface area contributed by atoms with Crippen molar-refractivity contribution in [3.63, 3.8) is 0 Å². The van der Waals surface area contributed by atoms with E-state index >= 15 is 0 Å². The molecule has 5 N–H and O–H groups in total. The maximum absolute atomic E-state index is 12.5. The molecule has 0 fully saturated rings. The molecule has 43 heavy (non-hydrogen) atoms. The normalized spacial score (nSPS) is 25.6. The maximum Gasteiger partial charge on any atom is 0.303 e. The minimum Gasteiger partial charge on any atom is -0.861 e. The first kappa shape index (κ1) is 31.8. The Kier molecular flexibility index (Phi) is 9.67. The van der Waals surface area contributed by atoms with Gasteiger partial charge in [0.25, 0.3) is 0 Å². The number of amides is 1. The van der Waals surface area contributed by atoms with Gasteiger partial charge in [0.2, 0.25) is 5.91 Å². The smallest absolute Gasteiger partial charge is 0.303 e. The van der Waals surface area contributed by atoms with E-state index in [1.807, 2.05) is 53.7 Å². The van der Waals surface area contributed by atoms with Crippen LogP contribution in [-0.4, -0.2) is 45.0 Å². The number of aliphatic carboxylic acids is 2. The third-order valence-corrected chi connectivity index (χ3v) is 9.34. The number of carbonyl (C=O) groups is 3. The van der Waals surface area contributed by atoms with Crippen LogP contribution in [0.3, 0.4) is 0 Å². The Morgan fingerprint density at radius 3 is 2.33 bits per heavy atom. The van der Waals surface area contributed by atoms with Crippen LogP contribution in [0.1, 0.15) is 95.7 Å². The third-order valence-electron chi connectivity index (χ3n) is 9.34. The van der Waals surface area contributed by atoms with Gasteiger partial charge in [0.1, 0.15) is 0 Å². The number of aromatic amines is 1. The van der Waals surface area contributed by atoms with E-state index in [2.05, 4.69) is 20.6 Å². The van der Waals surface area contributed by atoms with Gasteiger partial charge in [-0.05, 0) is 92.7 Å². The molecule has 0 radical (unpaired) electrons. The average Bonchev–Trinajstić information content (AvgIpc) is 3.59. The number of aromatic nitrogens is 1. The Balaban J connectivity index is 1.73. The number of hydrogen-bond acceptors (Lipinski definition) is 6. The van der Waals surface area contributed by atoms with Crippen LogP contribution in [0, 0.1) is 24.7 Å². The molecule has 10 nitrogen and oxygen atoms in total. The Hall–Kier alpha value is -4.08. The molecule has 4 heterocycles. The number of carboxylic acids is 2. The van der Waals surface area contributed by atoms with Crippen LogP contribution >= 0.6 is 0 Å². The van der Waals surface area contributed by atoms with E-state index in [4.69, 9.17) is 0 Å². The van der Waals surface area contributed by atoms with Crippen molar-refractivity contribution >= 4 is 35.9 Å². The fourth-order valence-corrected chi connectivity index (χ4v) is 6.63. The molecular weight excluding hydrogens is 548 g/mol. The van der Waals surface area contributed by atoms with Gasteiger partial charge in [-0.3, -0.25) is 19.4 Å². The number of aliphatic imine (C=N–C) groups is 1. The summed E-state index contributed by atoms with van der Waals surface area (Å²) in [5.74, 6) is -2.28. The minimum absolute atomic E-state index is 0.00746. The number of H-pyrrole nitrogens is 1. The molecule has 0 saturated carbocycles. The molecule has 1 aromatic heterocycles. The van der Waals surface area contributed by atoms with E-state index in [9.17, 15) is 29.7 Å². The molecule has 0 bridgehead atoms. The van der Waals surface area contributed by atoms with E-state index in [1.165, 1.54) is 0 Å². The van der Waals surface area contributed by atoms with Gasteiger partial charge < -0.3 is 30.9 Å². The zero-order chi connectivity index (χ0) is 31.6. The molecule has 0 aliphatic carbocycles. The van der Waals surface area contributed by atoms with Crippen molar-refractivity contribution in [3.8, 4) is 0 Å². The van der Waals surface area contributed by atoms with Crippen molar-refractivity contribution in [2.75, 3.05) is 0 Å². The number of allylic oxidation sites excluding steroid dienone is 2. The third kappa shape index (κ3) is 6.63. The SMILES string of the molecule is CCC1=C(C)C(CC2=C(C)C(CCC(=O)O)/C(=C/c3[nH]c(/C=C4\N=C([O-])[C@H](C)[C@H]4CC)c(C)c3CCC(=O)O)N2)NC1=O. The lowest BCUT2D eigenvalue weighted by Gasteiger charge is -2.17. The predicted octanol–water partition coefficient (Wildman–Crippen LogP) is 4.43. The zero-order valence-electron chi connectivity index (χ0n) is 25.9. The van der Waals surface area contributed by atoms with Crippen molar-refractivity contribution in [2.24, 2.45) is 22.7 Å². The number of nitrogens with zero attached hydrogens (tertiary/aromatic N) is 1. The summed E-state index contributed by atoms with van der Waals surface area (Å²) in [6.07, 6.45) is 6.51. The van der Waals surface area contributed by atoms with Crippen LogP contribution in [0.5, 0.6) is 0 Å². The van der Waals surface area contributed by atoms with E-state index in [0.717, 1.165) is 62.7 Å². The predicted molar refractivity (Wildman–Crippen MR) is 164 cm³/mol. The lowest BCUT2D eigenvalue weighted by atomic mass is 9.91. The highest BCUT2D eigenvalue weighted by Crippen LogP contribution is 2.38. The molecule has 4 rings (SSSR count). The highest BCUT2D eigenvalue weighted by molar-refractivity contribution is 5.97. The summed E-state index contributed by atoms with van der Waals surface area (Å²) in [6, 6.07) is -0.136. The summed E-state index contributed by atoms with van der Waals surface area (Å²) < 4.78 is 0. The van der Waals surface area contributed by atoms with Crippen LogP contribution < -0.4 is 15.7 Å². The fourth-order valence-electron chi connectivity index (χ4n) is 6.63. The summed E-state index contributed by atoms with van der Waals surface area (Å²) in [7, 11) is 0. The Bertz CT molecular complexity index is 1470. The second-order valence-corrected chi connectivity index (χ2v) is 11.9. The molecule has 2 unspecified atom stereocenters. The van der Waals surface area contributed by atoms with Gasteiger partial charge >= 0.3 is 11.9 Å². The standard InChI is InChI=1S/C33H44N4O6/c1-7-20-19(6)32(42)37-27(20)14-25-18(5)23(10-12-31(40)41)29(35-25)15-28-22(9-11-30(38)39)17(4)24(34-28)13-26-16(3)21(8-2)33(43)36-26/h14-15,19-20,22,26,34-35H,7-13H2,1-6H3,(H,36,43)(H,37,42)(H,38,39)(H,40,41)/p-1/b27-14-,28-15-/t19-,20-,22?,26?/m1/s1. The van der Waals surface area contributed by atoms with Gasteiger partial charge in [-0.1, -0.05) is 20.8 Å². The largest absolute Gasteiger partial charge is 0.861 e. The lowest BCUT2D eigenvalue weighted by molar-refractivity contribution is -0.222. The van der Waals surface area contributed by atoms with Gasteiger partial charge in [-0.25, -0.2) is 0 Å². The van der Waals surface area contributed by atoms with E-state index in [1.54, 1.807) is 0 Å². The molecule has 0 spiro atoms. The van der Waals surface area contributed by atoms with Crippen molar-refractivity contribution in [1.82, 2.24) is 15.6 Å². The summed E-state index contributed by atoms with van der Waals surface area (Å²) in [6.45, 7) is 11.8. The first-order valence-corrected chi connectivity index (χ1v) is 15.2. The van der Waals surface area contributed by atoms with Gasteiger partial charge in [-0.2, -0.15) is 0 Å². The highest BCUT2D eigenvalue weighted by atomic mass is 16.4. The van der Waals surface area contributed by atoms with E-state index < -0.39 is 11.9 Å².